The Kier molecular flexibility index (Phi) is 5.49. The van der Waals surface area contributed by atoms with Crippen molar-refractivity contribution in [2.75, 3.05) is 19.8 Å². The Morgan fingerprint density at radius 3 is 2.88 bits per heavy atom. The largest absolute Gasteiger partial charge is 0.485 e. The van der Waals surface area contributed by atoms with E-state index in [1.807, 2.05) is 30.9 Å². The fraction of sp³-hybridized carbons (Fsp3) is 0.600. The van der Waals surface area contributed by atoms with Crippen molar-refractivity contribution in [1.29, 1.82) is 5.26 Å². The minimum Gasteiger partial charge on any atom is -0.485 e. The van der Waals surface area contributed by atoms with Gasteiger partial charge in [-0.25, -0.2) is 0 Å². The number of nitrogens with zero attached hydrogens (tertiary/aromatic N) is 2. The highest BCUT2D eigenvalue weighted by Gasteiger charge is 2.49. The molecule has 2 heterocycles. The van der Waals surface area contributed by atoms with Crippen LogP contribution in [0.1, 0.15) is 56.7 Å². The number of fused-ring (bicyclic) bond motifs is 1. The number of unbranched alkanes of at least 4 members (excludes halogenated alkanes) is 1. The second kappa shape index (κ2) is 7.65. The van der Waals surface area contributed by atoms with Crippen LogP contribution in [0.2, 0.25) is 0 Å². The molecule has 1 aromatic rings. The number of amides is 1. The van der Waals surface area contributed by atoms with Crippen molar-refractivity contribution in [3.63, 3.8) is 0 Å². The van der Waals surface area contributed by atoms with Crippen LogP contribution in [0.5, 0.6) is 5.75 Å². The summed E-state index contributed by atoms with van der Waals surface area (Å²) in [6.07, 6.45) is 2.46. The van der Waals surface area contributed by atoms with E-state index in [9.17, 15) is 10.1 Å². The quantitative estimate of drug-likeness (QED) is 0.790. The van der Waals surface area contributed by atoms with Gasteiger partial charge in [-0.15, -0.1) is 0 Å². The summed E-state index contributed by atoms with van der Waals surface area (Å²) in [6, 6.07) is 7.25. The molecule has 2 atom stereocenters. The number of carbonyl (C=O) groups is 1. The number of benzene rings is 1. The maximum absolute atomic E-state index is 12.5. The summed E-state index contributed by atoms with van der Waals surface area (Å²) < 4.78 is 12.4. The van der Waals surface area contributed by atoms with Gasteiger partial charge in [0.15, 0.2) is 0 Å². The summed E-state index contributed by atoms with van der Waals surface area (Å²) in [6.45, 7) is 5.25. The fourth-order valence-corrected chi connectivity index (χ4v) is 3.84. The molecule has 1 amide bonds. The smallest absolute Gasteiger partial charge is 0.223 e. The molecule has 140 valence electrons. The molecule has 0 radical (unpaired) electrons. The van der Waals surface area contributed by atoms with Gasteiger partial charge in [-0.2, -0.15) is 5.26 Å². The number of likely N-dealkylation sites (tertiary alicyclic amines) is 1. The number of aliphatic hydroxyl groups is 1. The van der Waals surface area contributed by atoms with E-state index in [0.717, 1.165) is 18.4 Å². The first-order chi connectivity index (χ1) is 12.5. The SMILES string of the molecule is CC1(C)Oc2ccc(C#N)cc2[C@@H](N2CCCC2=O)[C@@H]1OCCCCO. The number of rotatable bonds is 6. The van der Waals surface area contributed by atoms with Gasteiger partial charge in [0.1, 0.15) is 17.5 Å². The van der Waals surface area contributed by atoms with Crippen molar-refractivity contribution in [2.45, 2.75) is 57.3 Å². The van der Waals surface area contributed by atoms with Crippen LogP contribution in [0.3, 0.4) is 0 Å². The molecule has 2 aliphatic heterocycles. The number of aliphatic hydroxyl groups excluding tert-OH is 1. The third-order valence-corrected chi connectivity index (χ3v) is 5.10. The second-order valence-electron chi connectivity index (χ2n) is 7.43. The van der Waals surface area contributed by atoms with Gasteiger partial charge in [0.2, 0.25) is 5.91 Å². The lowest BCUT2D eigenvalue weighted by molar-refractivity contribution is -0.148. The Bertz CT molecular complexity index is 710. The van der Waals surface area contributed by atoms with E-state index in [2.05, 4.69) is 6.07 Å². The Hall–Kier alpha value is -2.10. The second-order valence-corrected chi connectivity index (χ2v) is 7.43. The van der Waals surface area contributed by atoms with Crippen molar-refractivity contribution >= 4 is 5.91 Å². The lowest BCUT2D eigenvalue weighted by Crippen LogP contribution is -2.55. The Balaban J connectivity index is 1.99. The number of hydrogen-bond acceptors (Lipinski definition) is 5. The summed E-state index contributed by atoms with van der Waals surface area (Å²) >= 11 is 0. The number of hydrogen-bond donors (Lipinski definition) is 1. The molecule has 0 unspecified atom stereocenters. The Morgan fingerprint density at radius 1 is 1.42 bits per heavy atom. The molecule has 6 heteroatoms. The highest BCUT2D eigenvalue weighted by molar-refractivity contribution is 5.79. The van der Waals surface area contributed by atoms with E-state index >= 15 is 0 Å². The molecule has 1 aromatic carbocycles. The number of ether oxygens (including phenoxy) is 2. The van der Waals surface area contributed by atoms with Crippen LogP contribution in [0.4, 0.5) is 0 Å². The minimum absolute atomic E-state index is 0.116. The standard InChI is InChI=1S/C20H26N2O4/c1-20(2)19(25-11-4-3-10-23)18(22-9-5-6-17(22)24)15-12-14(13-21)7-8-16(15)26-20/h7-8,12,18-19,23H,3-6,9-11H2,1-2H3/t18-,19+/m1/s1. The van der Waals surface area contributed by atoms with E-state index in [0.29, 0.717) is 37.3 Å². The zero-order chi connectivity index (χ0) is 18.7. The van der Waals surface area contributed by atoms with Crippen molar-refractivity contribution < 1.29 is 19.4 Å². The highest BCUT2D eigenvalue weighted by atomic mass is 16.6. The normalized spacial score (nSPS) is 24.1. The molecule has 0 aromatic heterocycles. The zero-order valence-electron chi connectivity index (χ0n) is 15.4. The molecule has 2 aliphatic rings. The van der Waals surface area contributed by atoms with Crippen molar-refractivity contribution in [1.82, 2.24) is 4.90 Å². The van der Waals surface area contributed by atoms with E-state index < -0.39 is 5.60 Å². The molecule has 6 nitrogen and oxygen atoms in total. The van der Waals surface area contributed by atoms with E-state index in [1.54, 1.807) is 6.07 Å². The van der Waals surface area contributed by atoms with Gasteiger partial charge < -0.3 is 19.5 Å². The van der Waals surface area contributed by atoms with Crippen molar-refractivity contribution in [3.8, 4) is 11.8 Å². The van der Waals surface area contributed by atoms with Crippen LogP contribution in [0, 0.1) is 11.3 Å². The predicted molar refractivity (Wildman–Crippen MR) is 95.6 cm³/mol. The van der Waals surface area contributed by atoms with E-state index in [-0.39, 0.29) is 24.7 Å². The van der Waals surface area contributed by atoms with Crippen molar-refractivity contribution in [3.05, 3.63) is 29.3 Å². The molecule has 1 saturated heterocycles. The lowest BCUT2D eigenvalue weighted by atomic mass is 9.84. The van der Waals surface area contributed by atoms with Crippen LogP contribution in [-0.2, 0) is 9.53 Å². The molecular formula is C20H26N2O4. The van der Waals surface area contributed by atoms with E-state index in [1.165, 1.54) is 0 Å². The van der Waals surface area contributed by atoms with Gasteiger partial charge in [0, 0.05) is 31.7 Å². The summed E-state index contributed by atoms with van der Waals surface area (Å²) in [7, 11) is 0. The Labute approximate surface area is 154 Å². The van der Waals surface area contributed by atoms with Crippen LogP contribution in [0.15, 0.2) is 18.2 Å². The molecular weight excluding hydrogens is 332 g/mol. The maximum Gasteiger partial charge on any atom is 0.223 e. The average Bonchev–Trinajstić information content (AvgIpc) is 3.03. The Morgan fingerprint density at radius 2 is 2.23 bits per heavy atom. The van der Waals surface area contributed by atoms with Gasteiger partial charge >= 0.3 is 0 Å². The van der Waals surface area contributed by atoms with Gasteiger partial charge in [0.05, 0.1) is 17.7 Å². The first-order valence-corrected chi connectivity index (χ1v) is 9.23. The van der Waals surface area contributed by atoms with Crippen molar-refractivity contribution in [2.24, 2.45) is 0 Å². The molecule has 3 rings (SSSR count). The van der Waals surface area contributed by atoms with Crippen LogP contribution < -0.4 is 4.74 Å². The molecule has 0 spiro atoms. The lowest BCUT2D eigenvalue weighted by Gasteiger charge is -2.47. The number of carbonyl (C=O) groups excluding carboxylic acids is 1. The van der Waals surface area contributed by atoms with Crippen LogP contribution in [-0.4, -0.2) is 47.4 Å². The van der Waals surface area contributed by atoms with Gasteiger partial charge in [-0.05, 0) is 51.3 Å². The fourth-order valence-electron chi connectivity index (χ4n) is 3.84. The predicted octanol–water partition coefficient (Wildman–Crippen LogP) is 2.55. The first kappa shape index (κ1) is 18.7. The molecule has 0 saturated carbocycles. The summed E-state index contributed by atoms with van der Waals surface area (Å²) in [4.78, 5) is 14.4. The molecule has 1 fully saturated rings. The van der Waals surface area contributed by atoms with Gasteiger partial charge in [0.25, 0.3) is 0 Å². The van der Waals surface area contributed by atoms with Crippen LogP contribution >= 0.6 is 0 Å². The number of nitriles is 1. The summed E-state index contributed by atoms with van der Waals surface area (Å²) in [5, 5.41) is 18.3. The minimum atomic E-state index is -0.617. The third-order valence-electron chi connectivity index (χ3n) is 5.10. The first-order valence-electron chi connectivity index (χ1n) is 9.23. The topological polar surface area (TPSA) is 82.8 Å². The molecule has 26 heavy (non-hydrogen) atoms. The highest BCUT2D eigenvalue weighted by Crippen LogP contribution is 2.45. The van der Waals surface area contributed by atoms with Gasteiger partial charge in [-0.3, -0.25) is 4.79 Å². The molecule has 1 N–H and O–H groups in total. The monoisotopic (exact) mass is 358 g/mol. The average molecular weight is 358 g/mol. The summed E-state index contributed by atoms with van der Waals surface area (Å²) in [5.41, 5.74) is 0.766. The molecule has 0 aliphatic carbocycles. The zero-order valence-corrected chi connectivity index (χ0v) is 15.4. The maximum atomic E-state index is 12.5. The van der Waals surface area contributed by atoms with Crippen LogP contribution in [0.25, 0.3) is 0 Å². The third kappa shape index (κ3) is 3.55. The molecule has 0 bridgehead atoms. The van der Waals surface area contributed by atoms with E-state index in [4.69, 9.17) is 14.6 Å². The van der Waals surface area contributed by atoms with Gasteiger partial charge in [-0.1, -0.05) is 0 Å². The summed E-state index contributed by atoms with van der Waals surface area (Å²) in [5.74, 6) is 0.818.